The van der Waals surface area contributed by atoms with Gasteiger partial charge in [0, 0.05) is 18.8 Å². The third kappa shape index (κ3) is 3.38. The van der Waals surface area contributed by atoms with E-state index in [9.17, 15) is 4.79 Å². The Hall–Kier alpha value is -1.85. The number of methoxy groups -OCH3 is 1. The lowest BCUT2D eigenvalue weighted by Gasteiger charge is -2.10. The van der Waals surface area contributed by atoms with Crippen LogP contribution < -0.4 is 10.1 Å². The zero-order valence-corrected chi connectivity index (χ0v) is 9.30. The molecule has 0 spiro atoms. The lowest BCUT2D eigenvalue weighted by Crippen LogP contribution is -2.22. The van der Waals surface area contributed by atoms with E-state index in [1.54, 1.807) is 12.3 Å². The molecule has 2 N–H and O–H groups in total. The first-order chi connectivity index (χ1) is 7.67. The molecular formula is C10H15N3O3. The molecule has 0 aromatic carbocycles. The zero-order valence-electron chi connectivity index (χ0n) is 9.30. The van der Waals surface area contributed by atoms with Crippen molar-refractivity contribution >= 4 is 11.9 Å². The maximum absolute atomic E-state index is 10.8. The Bertz CT molecular complexity index is 357. The van der Waals surface area contributed by atoms with Crippen molar-refractivity contribution in [1.29, 1.82) is 0 Å². The molecule has 0 saturated heterocycles. The van der Waals surface area contributed by atoms with Crippen molar-refractivity contribution in [2.24, 2.45) is 5.92 Å². The number of aromatic nitrogens is 2. The van der Waals surface area contributed by atoms with Crippen LogP contribution >= 0.6 is 0 Å². The van der Waals surface area contributed by atoms with Crippen molar-refractivity contribution in [3.63, 3.8) is 0 Å². The van der Waals surface area contributed by atoms with Crippen molar-refractivity contribution in [2.45, 2.75) is 13.3 Å². The van der Waals surface area contributed by atoms with E-state index in [-0.39, 0.29) is 0 Å². The highest BCUT2D eigenvalue weighted by Gasteiger charge is 2.14. The summed E-state index contributed by atoms with van der Waals surface area (Å²) in [5.41, 5.74) is 0. The third-order valence-corrected chi connectivity index (χ3v) is 2.19. The lowest BCUT2D eigenvalue weighted by molar-refractivity contribution is -0.141. The third-order valence-electron chi connectivity index (χ3n) is 2.19. The van der Waals surface area contributed by atoms with Gasteiger partial charge in [0.05, 0.1) is 13.0 Å². The van der Waals surface area contributed by atoms with Gasteiger partial charge in [0.25, 0.3) is 0 Å². The fourth-order valence-corrected chi connectivity index (χ4v) is 1.16. The summed E-state index contributed by atoms with van der Waals surface area (Å²) in [6.45, 7) is 2.13. The van der Waals surface area contributed by atoms with Gasteiger partial charge in [-0.15, -0.1) is 0 Å². The molecule has 1 aromatic heterocycles. The minimum Gasteiger partial charge on any atom is -0.481 e. The fourth-order valence-electron chi connectivity index (χ4n) is 1.16. The maximum Gasteiger partial charge on any atom is 0.308 e. The first kappa shape index (κ1) is 12.2. The molecule has 0 aliphatic rings. The minimum absolute atomic E-state index is 0.305. The van der Waals surface area contributed by atoms with Gasteiger partial charge in [0.1, 0.15) is 0 Å². The van der Waals surface area contributed by atoms with E-state index in [1.165, 1.54) is 7.11 Å². The van der Waals surface area contributed by atoms with Crippen molar-refractivity contribution in [3.05, 3.63) is 12.3 Å². The highest BCUT2D eigenvalue weighted by atomic mass is 16.5. The summed E-state index contributed by atoms with van der Waals surface area (Å²) in [4.78, 5) is 18.7. The van der Waals surface area contributed by atoms with E-state index in [2.05, 4.69) is 15.3 Å². The predicted octanol–water partition coefficient (Wildman–Crippen LogP) is 1.01. The number of nitrogens with one attached hydrogen (secondary N) is 1. The van der Waals surface area contributed by atoms with Crippen LogP contribution in [0.1, 0.15) is 13.3 Å². The van der Waals surface area contributed by atoms with Crippen LogP contribution in [0.5, 0.6) is 5.88 Å². The number of hydrogen-bond acceptors (Lipinski definition) is 5. The van der Waals surface area contributed by atoms with E-state index in [0.717, 1.165) is 0 Å². The van der Waals surface area contributed by atoms with Crippen LogP contribution in [0.3, 0.4) is 0 Å². The molecule has 1 aromatic rings. The Kier molecular flexibility index (Phi) is 4.50. The van der Waals surface area contributed by atoms with E-state index in [0.29, 0.717) is 24.8 Å². The largest absolute Gasteiger partial charge is 0.481 e. The van der Waals surface area contributed by atoms with Gasteiger partial charge in [-0.2, -0.15) is 4.98 Å². The molecule has 1 atom stereocenters. The Morgan fingerprint density at radius 1 is 1.69 bits per heavy atom. The Morgan fingerprint density at radius 2 is 2.44 bits per heavy atom. The minimum atomic E-state index is -0.821. The molecule has 16 heavy (non-hydrogen) atoms. The number of hydrogen-bond donors (Lipinski definition) is 2. The fraction of sp³-hybridized carbons (Fsp3) is 0.500. The standard InChI is InChI=1S/C10H15N3O3/c1-3-7(9(14)15)6-12-10-11-5-4-8(13-10)16-2/h4-5,7H,3,6H2,1-2H3,(H,14,15)(H,11,12,13). The van der Waals surface area contributed by atoms with Gasteiger partial charge in [0.2, 0.25) is 11.8 Å². The smallest absolute Gasteiger partial charge is 0.308 e. The lowest BCUT2D eigenvalue weighted by atomic mass is 10.1. The number of ether oxygens (including phenoxy) is 1. The van der Waals surface area contributed by atoms with Crippen LogP contribution in [0, 0.1) is 5.92 Å². The molecular weight excluding hydrogens is 210 g/mol. The van der Waals surface area contributed by atoms with E-state index in [1.807, 2.05) is 6.92 Å². The van der Waals surface area contributed by atoms with E-state index >= 15 is 0 Å². The van der Waals surface area contributed by atoms with Gasteiger partial charge in [-0.1, -0.05) is 6.92 Å². The summed E-state index contributed by atoms with van der Waals surface area (Å²) in [7, 11) is 1.51. The summed E-state index contributed by atoms with van der Waals surface area (Å²) in [5.74, 6) is -0.437. The average Bonchev–Trinajstić information content (AvgIpc) is 2.29. The Balaban J connectivity index is 2.56. The van der Waals surface area contributed by atoms with Crippen LogP contribution in [-0.2, 0) is 4.79 Å². The van der Waals surface area contributed by atoms with Crippen molar-refractivity contribution in [2.75, 3.05) is 19.0 Å². The maximum atomic E-state index is 10.8. The SMILES string of the molecule is CCC(CNc1nccc(OC)n1)C(=O)O. The molecule has 0 amide bonds. The molecule has 0 fully saturated rings. The van der Waals surface area contributed by atoms with E-state index in [4.69, 9.17) is 9.84 Å². The molecule has 1 rings (SSSR count). The highest BCUT2D eigenvalue weighted by Crippen LogP contribution is 2.09. The van der Waals surface area contributed by atoms with Gasteiger partial charge < -0.3 is 15.2 Å². The van der Waals surface area contributed by atoms with Crippen LogP contribution in [0.15, 0.2) is 12.3 Å². The molecule has 6 nitrogen and oxygen atoms in total. The number of carboxylic acid groups (broad SMARTS) is 1. The molecule has 1 heterocycles. The van der Waals surface area contributed by atoms with Crippen molar-refractivity contribution in [3.8, 4) is 5.88 Å². The van der Waals surface area contributed by atoms with Gasteiger partial charge in [-0.05, 0) is 6.42 Å². The number of anilines is 1. The zero-order chi connectivity index (χ0) is 12.0. The van der Waals surface area contributed by atoms with Gasteiger partial charge >= 0.3 is 5.97 Å². The molecule has 0 aliphatic carbocycles. The molecule has 1 unspecified atom stereocenters. The van der Waals surface area contributed by atoms with Gasteiger partial charge in [-0.3, -0.25) is 4.79 Å². The summed E-state index contributed by atoms with van der Waals surface area (Å²) in [6.07, 6.45) is 2.11. The quantitative estimate of drug-likeness (QED) is 0.751. The van der Waals surface area contributed by atoms with Crippen LogP contribution in [0.25, 0.3) is 0 Å². The first-order valence-corrected chi connectivity index (χ1v) is 5.01. The topological polar surface area (TPSA) is 84.3 Å². The molecule has 0 bridgehead atoms. The summed E-state index contributed by atoms with van der Waals surface area (Å²) < 4.78 is 4.93. The van der Waals surface area contributed by atoms with Gasteiger partial charge in [-0.25, -0.2) is 4.98 Å². The summed E-state index contributed by atoms with van der Waals surface area (Å²) in [6, 6.07) is 1.62. The second kappa shape index (κ2) is 5.89. The Labute approximate surface area is 93.7 Å². The molecule has 6 heteroatoms. The van der Waals surface area contributed by atoms with Crippen molar-refractivity contribution < 1.29 is 14.6 Å². The summed E-state index contributed by atoms with van der Waals surface area (Å²) >= 11 is 0. The molecule has 0 radical (unpaired) electrons. The first-order valence-electron chi connectivity index (χ1n) is 5.01. The second-order valence-electron chi connectivity index (χ2n) is 3.25. The highest BCUT2D eigenvalue weighted by molar-refractivity contribution is 5.70. The normalized spacial score (nSPS) is 11.9. The molecule has 0 saturated carbocycles. The van der Waals surface area contributed by atoms with Crippen LogP contribution in [0.4, 0.5) is 5.95 Å². The van der Waals surface area contributed by atoms with Crippen molar-refractivity contribution in [1.82, 2.24) is 9.97 Å². The molecule has 0 aliphatic heterocycles. The number of carboxylic acids is 1. The molecule has 88 valence electrons. The Morgan fingerprint density at radius 3 is 3.00 bits per heavy atom. The monoisotopic (exact) mass is 225 g/mol. The van der Waals surface area contributed by atoms with Crippen LogP contribution in [0.2, 0.25) is 0 Å². The van der Waals surface area contributed by atoms with Gasteiger partial charge in [0.15, 0.2) is 0 Å². The number of carbonyl (C=O) groups is 1. The number of rotatable bonds is 6. The second-order valence-corrected chi connectivity index (χ2v) is 3.25. The number of nitrogens with zero attached hydrogens (tertiary/aromatic N) is 2. The average molecular weight is 225 g/mol. The summed E-state index contributed by atoms with van der Waals surface area (Å²) in [5, 5.41) is 11.7. The number of aliphatic carboxylic acids is 1. The van der Waals surface area contributed by atoms with E-state index < -0.39 is 11.9 Å². The van der Waals surface area contributed by atoms with Crippen LogP contribution in [-0.4, -0.2) is 34.7 Å². The predicted molar refractivity (Wildman–Crippen MR) is 58.5 cm³/mol.